The lowest BCUT2D eigenvalue weighted by atomic mass is 9.99. The van der Waals surface area contributed by atoms with Gasteiger partial charge in [-0.1, -0.05) is 33.1 Å². The van der Waals surface area contributed by atoms with Gasteiger partial charge in [-0.3, -0.25) is 4.79 Å². The second kappa shape index (κ2) is 11.0. The second-order valence-electron chi connectivity index (χ2n) is 6.81. The first-order valence-electron chi connectivity index (χ1n) is 9.23. The first-order chi connectivity index (χ1) is 12.0. The van der Waals surface area contributed by atoms with Crippen LogP contribution in [0.1, 0.15) is 46.0 Å². The van der Waals surface area contributed by atoms with Gasteiger partial charge in [0.15, 0.2) is 0 Å². The van der Waals surface area contributed by atoms with Gasteiger partial charge >= 0.3 is 6.03 Å². The Morgan fingerprint density at radius 3 is 2.04 bits per heavy atom. The molecule has 1 aromatic rings. The lowest BCUT2D eigenvalue weighted by molar-refractivity contribution is -0.118. The number of halogens is 1. The summed E-state index contributed by atoms with van der Waals surface area (Å²) in [5.41, 5.74) is 7.33. The Balaban J connectivity index is 0.00000338. The largest absolute Gasteiger partial charge is 0.325 e. The number of amides is 3. The summed E-state index contributed by atoms with van der Waals surface area (Å²) in [6.07, 6.45) is 5.37. The maximum atomic E-state index is 12.3. The zero-order valence-electron chi connectivity index (χ0n) is 15.7. The zero-order chi connectivity index (χ0) is 18.2. The van der Waals surface area contributed by atoms with Crippen LogP contribution in [0.5, 0.6) is 0 Å². The molecule has 0 aliphatic carbocycles. The number of urea groups is 1. The smallest absolute Gasteiger partial charge is 0.321 e. The van der Waals surface area contributed by atoms with Crippen molar-refractivity contribution in [3.8, 4) is 0 Å². The highest BCUT2D eigenvalue weighted by molar-refractivity contribution is 5.95. The second-order valence-corrected chi connectivity index (χ2v) is 6.81. The lowest BCUT2D eigenvalue weighted by Crippen LogP contribution is -2.40. The van der Waals surface area contributed by atoms with Crippen LogP contribution in [0.15, 0.2) is 24.3 Å². The van der Waals surface area contributed by atoms with Crippen molar-refractivity contribution >= 4 is 35.7 Å². The highest BCUT2D eigenvalue weighted by atomic mass is 35.5. The van der Waals surface area contributed by atoms with E-state index in [-0.39, 0.29) is 30.3 Å². The van der Waals surface area contributed by atoms with E-state index < -0.39 is 6.04 Å². The van der Waals surface area contributed by atoms with Crippen molar-refractivity contribution in [2.24, 2.45) is 11.7 Å². The Bertz CT molecular complexity index is 571. The Labute approximate surface area is 162 Å². The fourth-order valence-electron chi connectivity index (χ4n) is 2.85. The molecule has 0 aromatic heterocycles. The Kier molecular flexibility index (Phi) is 9.44. The summed E-state index contributed by atoms with van der Waals surface area (Å²) in [6.45, 7) is 5.60. The van der Waals surface area contributed by atoms with Gasteiger partial charge in [0.25, 0.3) is 0 Å². The molecule has 146 valence electrons. The summed E-state index contributed by atoms with van der Waals surface area (Å²) in [5.74, 6) is -0.0529. The van der Waals surface area contributed by atoms with E-state index in [9.17, 15) is 9.59 Å². The van der Waals surface area contributed by atoms with E-state index in [1.54, 1.807) is 24.3 Å². The summed E-state index contributed by atoms with van der Waals surface area (Å²) < 4.78 is 0. The van der Waals surface area contributed by atoms with Crippen LogP contribution in [0.3, 0.4) is 0 Å². The molecule has 2 atom stereocenters. The predicted octanol–water partition coefficient (Wildman–Crippen LogP) is 3.83. The number of carbonyl (C=O) groups excluding carboxylic acids is 2. The number of anilines is 2. The molecule has 1 heterocycles. The number of rotatable bonds is 5. The summed E-state index contributed by atoms with van der Waals surface area (Å²) in [5, 5.41) is 5.74. The summed E-state index contributed by atoms with van der Waals surface area (Å²) in [4.78, 5) is 26.3. The molecule has 1 fully saturated rings. The van der Waals surface area contributed by atoms with Gasteiger partial charge in [-0.15, -0.1) is 12.4 Å². The molecule has 0 radical (unpaired) electrons. The normalized spacial score (nSPS) is 16.7. The van der Waals surface area contributed by atoms with E-state index in [1.165, 1.54) is 12.8 Å². The molecule has 1 aliphatic heterocycles. The zero-order valence-corrected chi connectivity index (χ0v) is 16.5. The van der Waals surface area contributed by atoms with Gasteiger partial charge in [0.2, 0.25) is 5.91 Å². The molecule has 2 rings (SSSR count). The first-order valence-corrected chi connectivity index (χ1v) is 9.23. The molecule has 0 saturated carbocycles. The van der Waals surface area contributed by atoms with E-state index in [0.717, 1.165) is 38.0 Å². The number of hydrogen-bond acceptors (Lipinski definition) is 3. The number of nitrogens with zero attached hydrogens (tertiary/aromatic N) is 1. The highest BCUT2D eigenvalue weighted by Gasteiger charge is 2.19. The van der Waals surface area contributed by atoms with Crippen molar-refractivity contribution in [1.29, 1.82) is 0 Å². The number of hydrogen-bond donors (Lipinski definition) is 3. The van der Waals surface area contributed by atoms with Gasteiger partial charge < -0.3 is 21.3 Å². The van der Waals surface area contributed by atoms with Crippen molar-refractivity contribution < 1.29 is 9.59 Å². The maximum absolute atomic E-state index is 12.3. The van der Waals surface area contributed by atoms with Gasteiger partial charge in [-0.05, 0) is 43.0 Å². The topological polar surface area (TPSA) is 87.5 Å². The Morgan fingerprint density at radius 1 is 1.04 bits per heavy atom. The molecule has 1 saturated heterocycles. The number of carbonyl (C=O) groups is 2. The van der Waals surface area contributed by atoms with E-state index >= 15 is 0 Å². The van der Waals surface area contributed by atoms with Crippen molar-refractivity contribution in [2.75, 3.05) is 23.7 Å². The number of benzene rings is 1. The van der Waals surface area contributed by atoms with Gasteiger partial charge in [-0.2, -0.15) is 0 Å². The average molecular weight is 383 g/mol. The molecule has 1 aliphatic rings. The van der Waals surface area contributed by atoms with Crippen molar-refractivity contribution in [3.63, 3.8) is 0 Å². The van der Waals surface area contributed by atoms with Gasteiger partial charge in [0.1, 0.15) is 0 Å². The molecule has 1 aromatic carbocycles. The minimum Gasteiger partial charge on any atom is -0.325 e. The molecule has 4 N–H and O–H groups in total. The minimum atomic E-state index is -0.521. The monoisotopic (exact) mass is 382 g/mol. The van der Waals surface area contributed by atoms with Crippen LogP contribution in [-0.4, -0.2) is 36.0 Å². The Morgan fingerprint density at radius 2 is 1.54 bits per heavy atom. The van der Waals surface area contributed by atoms with E-state index in [1.807, 2.05) is 18.7 Å². The highest BCUT2D eigenvalue weighted by Crippen LogP contribution is 2.17. The molecule has 2 unspecified atom stereocenters. The van der Waals surface area contributed by atoms with E-state index in [4.69, 9.17) is 5.73 Å². The fourth-order valence-corrected chi connectivity index (χ4v) is 2.85. The predicted molar refractivity (Wildman–Crippen MR) is 109 cm³/mol. The van der Waals surface area contributed by atoms with Crippen LogP contribution in [0.2, 0.25) is 0 Å². The summed E-state index contributed by atoms with van der Waals surface area (Å²) in [7, 11) is 0. The van der Waals surface area contributed by atoms with Crippen LogP contribution in [-0.2, 0) is 4.79 Å². The molecular formula is C19H31ClN4O2. The quantitative estimate of drug-likeness (QED) is 0.723. The van der Waals surface area contributed by atoms with Crippen LogP contribution in [0.25, 0.3) is 0 Å². The average Bonchev–Trinajstić information content (AvgIpc) is 2.91. The molecule has 0 spiro atoms. The minimum absolute atomic E-state index is 0. The van der Waals surface area contributed by atoms with E-state index in [2.05, 4.69) is 10.6 Å². The lowest BCUT2D eigenvalue weighted by Gasteiger charge is -2.21. The maximum Gasteiger partial charge on any atom is 0.321 e. The Hall–Kier alpha value is -1.79. The van der Waals surface area contributed by atoms with Gasteiger partial charge in [-0.25, -0.2) is 4.79 Å². The molecule has 26 heavy (non-hydrogen) atoms. The van der Waals surface area contributed by atoms with Crippen molar-refractivity contribution in [1.82, 2.24) is 4.90 Å². The summed E-state index contributed by atoms with van der Waals surface area (Å²) in [6, 6.07) is 6.56. The van der Waals surface area contributed by atoms with E-state index in [0.29, 0.717) is 5.69 Å². The van der Waals surface area contributed by atoms with Crippen molar-refractivity contribution in [2.45, 2.75) is 52.0 Å². The first kappa shape index (κ1) is 22.3. The third-order valence-corrected chi connectivity index (χ3v) is 4.86. The van der Waals surface area contributed by atoms with Crippen LogP contribution < -0.4 is 16.4 Å². The van der Waals surface area contributed by atoms with Crippen LogP contribution >= 0.6 is 12.4 Å². The molecule has 6 nitrogen and oxygen atoms in total. The van der Waals surface area contributed by atoms with Gasteiger partial charge in [0, 0.05) is 24.5 Å². The summed E-state index contributed by atoms with van der Waals surface area (Å²) >= 11 is 0. The van der Waals surface area contributed by atoms with Crippen molar-refractivity contribution in [3.05, 3.63) is 24.3 Å². The number of likely N-dealkylation sites (tertiary alicyclic amines) is 1. The number of nitrogens with one attached hydrogen (secondary N) is 2. The molecular weight excluding hydrogens is 352 g/mol. The van der Waals surface area contributed by atoms with Crippen LogP contribution in [0, 0.1) is 5.92 Å². The molecule has 0 bridgehead atoms. The SMILES string of the molecule is CCC(C)C(N)C(=O)Nc1ccc(NC(=O)N2CCCCCC2)cc1.Cl. The standard InChI is InChI=1S/C19H30N4O2.ClH/c1-3-14(2)17(20)18(24)21-15-8-10-16(11-9-15)22-19(25)23-12-6-4-5-7-13-23;/h8-11,14,17H,3-7,12-13,20H2,1-2H3,(H,21,24)(H,22,25);1H. The number of nitrogens with two attached hydrogens (primary N) is 1. The molecule has 3 amide bonds. The third-order valence-electron chi connectivity index (χ3n) is 4.86. The molecule has 7 heteroatoms. The fraction of sp³-hybridized carbons (Fsp3) is 0.579. The third kappa shape index (κ3) is 6.50. The van der Waals surface area contributed by atoms with Gasteiger partial charge in [0.05, 0.1) is 6.04 Å². The van der Waals surface area contributed by atoms with Crippen LogP contribution in [0.4, 0.5) is 16.2 Å².